The van der Waals surface area contributed by atoms with Crippen LogP contribution in [0.1, 0.15) is 40.0 Å². The Morgan fingerprint density at radius 3 is 2.37 bits per heavy atom. The van der Waals surface area contributed by atoms with Gasteiger partial charge in [0.25, 0.3) is 0 Å². The normalized spacial score (nSPS) is 29.1. The van der Waals surface area contributed by atoms with E-state index in [9.17, 15) is 9.90 Å². The van der Waals surface area contributed by atoms with Crippen LogP contribution < -0.4 is 5.32 Å². The molecule has 0 aliphatic heterocycles. The highest BCUT2D eigenvalue weighted by atomic mass is 28.4. The summed E-state index contributed by atoms with van der Waals surface area (Å²) in [6, 6.07) is -0.213. The monoisotopic (exact) mass is 289 g/mol. The molecular formula is C13H27NO4Si. The number of aliphatic hydroxyl groups excluding tert-OH is 1. The predicted molar refractivity (Wildman–Crippen MR) is 76.9 cm³/mol. The summed E-state index contributed by atoms with van der Waals surface area (Å²) in [7, 11) is -1.96. The third kappa shape index (κ3) is 4.47. The van der Waals surface area contributed by atoms with E-state index in [4.69, 9.17) is 9.53 Å². The standard InChI is InChI=1S/C13H27NO4Si/c1-13(2,3)19(4,5)18-11-8-9(15)6-7-10(11)14-12(16)17/h9-11,14-15H,6-8H2,1-5H3,(H,16,17)/t9-,10+,11+/m1/s1. The summed E-state index contributed by atoms with van der Waals surface area (Å²) in [6.07, 6.45) is 0.138. The molecule has 3 atom stereocenters. The van der Waals surface area contributed by atoms with E-state index in [0.29, 0.717) is 19.3 Å². The van der Waals surface area contributed by atoms with Crippen molar-refractivity contribution in [1.29, 1.82) is 0 Å². The number of hydrogen-bond donors (Lipinski definition) is 3. The lowest BCUT2D eigenvalue weighted by molar-refractivity contribution is 0.0241. The van der Waals surface area contributed by atoms with Gasteiger partial charge in [-0.1, -0.05) is 20.8 Å². The van der Waals surface area contributed by atoms with E-state index < -0.39 is 14.4 Å². The van der Waals surface area contributed by atoms with Gasteiger partial charge in [0, 0.05) is 6.42 Å². The van der Waals surface area contributed by atoms with Gasteiger partial charge in [-0.15, -0.1) is 0 Å². The third-order valence-corrected chi connectivity index (χ3v) is 8.83. The van der Waals surface area contributed by atoms with E-state index in [1.165, 1.54) is 0 Å². The maximum absolute atomic E-state index is 10.8. The first-order valence-electron chi connectivity index (χ1n) is 6.88. The number of hydrogen-bond acceptors (Lipinski definition) is 3. The largest absolute Gasteiger partial charge is 0.465 e. The first kappa shape index (κ1) is 16.5. The number of carbonyl (C=O) groups is 1. The van der Waals surface area contributed by atoms with Gasteiger partial charge >= 0.3 is 6.09 Å². The molecule has 0 aromatic carbocycles. The van der Waals surface area contributed by atoms with Crippen molar-refractivity contribution >= 4 is 14.4 Å². The molecule has 112 valence electrons. The summed E-state index contributed by atoms with van der Waals surface area (Å²) < 4.78 is 6.28. The van der Waals surface area contributed by atoms with Crippen LogP contribution in [0.4, 0.5) is 4.79 Å². The molecule has 1 aliphatic rings. The number of carboxylic acid groups (broad SMARTS) is 1. The fourth-order valence-electron chi connectivity index (χ4n) is 2.12. The molecule has 6 heteroatoms. The summed E-state index contributed by atoms with van der Waals surface area (Å²) in [5.74, 6) is 0. The summed E-state index contributed by atoms with van der Waals surface area (Å²) in [4.78, 5) is 10.8. The van der Waals surface area contributed by atoms with Crippen molar-refractivity contribution in [1.82, 2.24) is 5.32 Å². The summed E-state index contributed by atoms with van der Waals surface area (Å²) in [6.45, 7) is 10.7. The lowest BCUT2D eigenvalue weighted by Crippen LogP contribution is -2.54. The first-order chi connectivity index (χ1) is 8.53. The van der Waals surface area contributed by atoms with Crippen LogP contribution >= 0.6 is 0 Å². The van der Waals surface area contributed by atoms with Crippen molar-refractivity contribution < 1.29 is 19.4 Å². The Morgan fingerprint density at radius 2 is 1.89 bits per heavy atom. The summed E-state index contributed by atoms with van der Waals surface area (Å²) in [5, 5.41) is 21.3. The summed E-state index contributed by atoms with van der Waals surface area (Å²) in [5.41, 5.74) is 0. The molecule has 0 aromatic rings. The molecule has 1 fully saturated rings. The third-order valence-electron chi connectivity index (χ3n) is 4.33. The Labute approximate surface area is 116 Å². The minimum atomic E-state index is -1.96. The van der Waals surface area contributed by atoms with Gasteiger partial charge in [0.05, 0.1) is 18.2 Å². The van der Waals surface area contributed by atoms with Crippen LogP contribution in [0.15, 0.2) is 0 Å². The van der Waals surface area contributed by atoms with Gasteiger partial charge in [0.2, 0.25) is 0 Å². The smallest absolute Gasteiger partial charge is 0.404 e. The Bertz CT molecular complexity index is 327. The predicted octanol–water partition coefficient (Wildman–Crippen LogP) is 2.56. The van der Waals surface area contributed by atoms with Gasteiger partial charge in [0.15, 0.2) is 8.32 Å². The van der Waals surface area contributed by atoms with Crippen LogP contribution in [0, 0.1) is 0 Å². The average Bonchev–Trinajstić information content (AvgIpc) is 2.19. The highest BCUT2D eigenvalue weighted by Crippen LogP contribution is 2.39. The first-order valence-corrected chi connectivity index (χ1v) is 9.79. The van der Waals surface area contributed by atoms with Crippen molar-refractivity contribution in [2.75, 3.05) is 0 Å². The zero-order chi connectivity index (χ0) is 14.8. The quantitative estimate of drug-likeness (QED) is 0.698. The molecular weight excluding hydrogens is 262 g/mol. The molecule has 1 aliphatic carbocycles. The minimum absolute atomic E-state index is 0.0726. The maximum Gasteiger partial charge on any atom is 0.404 e. The highest BCUT2D eigenvalue weighted by molar-refractivity contribution is 6.74. The van der Waals surface area contributed by atoms with Crippen molar-refractivity contribution in [2.24, 2.45) is 0 Å². The molecule has 0 spiro atoms. The Kier molecular flexibility index (Phi) is 5.03. The highest BCUT2D eigenvalue weighted by Gasteiger charge is 2.42. The minimum Gasteiger partial charge on any atom is -0.465 e. The molecule has 3 N–H and O–H groups in total. The number of nitrogens with one attached hydrogen (secondary N) is 1. The number of aliphatic hydroxyl groups is 1. The molecule has 1 saturated carbocycles. The van der Waals surface area contributed by atoms with E-state index in [1.807, 2.05) is 0 Å². The fraction of sp³-hybridized carbons (Fsp3) is 0.923. The van der Waals surface area contributed by atoms with Crippen LogP contribution in [0.3, 0.4) is 0 Å². The van der Waals surface area contributed by atoms with Crippen LogP contribution in [0.2, 0.25) is 18.1 Å². The average molecular weight is 289 g/mol. The second kappa shape index (κ2) is 5.81. The van der Waals surface area contributed by atoms with E-state index in [-0.39, 0.29) is 23.3 Å². The zero-order valence-corrected chi connectivity index (χ0v) is 13.6. The number of amides is 1. The van der Waals surface area contributed by atoms with Crippen LogP contribution in [-0.4, -0.2) is 42.9 Å². The molecule has 0 unspecified atom stereocenters. The van der Waals surface area contributed by atoms with Gasteiger partial charge in [-0.05, 0) is 31.0 Å². The van der Waals surface area contributed by atoms with Crippen molar-refractivity contribution in [2.45, 2.75) is 76.4 Å². The van der Waals surface area contributed by atoms with Crippen LogP contribution in [-0.2, 0) is 4.43 Å². The van der Waals surface area contributed by atoms with Gasteiger partial charge in [0.1, 0.15) is 0 Å². The van der Waals surface area contributed by atoms with E-state index in [0.717, 1.165) is 0 Å². The van der Waals surface area contributed by atoms with Gasteiger partial charge in [-0.2, -0.15) is 0 Å². The zero-order valence-electron chi connectivity index (χ0n) is 12.6. The molecule has 0 heterocycles. The number of rotatable bonds is 3. The maximum atomic E-state index is 10.8. The lowest BCUT2D eigenvalue weighted by Gasteiger charge is -2.43. The van der Waals surface area contributed by atoms with Gasteiger partial charge < -0.3 is 20.0 Å². The van der Waals surface area contributed by atoms with Crippen molar-refractivity contribution in [3.63, 3.8) is 0 Å². The molecule has 5 nitrogen and oxygen atoms in total. The van der Waals surface area contributed by atoms with E-state index in [1.54, 1.807) is 0 Å². The molecule has 19 heavy (non-hydrogen) atoms. The Morgan fingerprint density at radius 1 is 1.32 bits per heavy atom. The lowest BCUT2D eigenvalue weighted by atomic mass is 9.90. The fourth-order valence-corrected chi connectivity index (χ4v) is 3.49. The molecule has 0 saturated heterocycles. The molecule has 1 amide bonds. The second-order valence-corrected chi connectivity index (χ2v) is 11.7. The second-order valence-electron chi connectivity index (χ2n) is 6.94. The van der Waals surface area contributed by atoms with Gasteiger partial charge in [-0.25, -0.2) is 4.79 Å². The topological polar surface area (TPSA) is 78.8 Å². The van der Waals surface area contributed by atoms with Crippen LogP contribution in [0.5, 0.6) is 0 Å². The molecule has 0 aromatic heterocycles. The molecule has 0 bridgehead atoms. The van der Waals surface area contributed by atoms with E-state index >= 15 is 0 Å². The van der Waals surface area contributed by atoms with Crippen molar-refractivity contribution in [3.8, 4) is 0 Å². The van der Waals surface area contributed by atoms with Gasteiger partial charge in [-0.3, -0.25) is 0 Å². The van der Waals surface area contributed by atoms with E-state index in [2.05, 4.69) is 39.2 Å². The Balaban J connectivity index is 2.77. The van der Waals surface area contributed by atoms with Crippen LogP contribution in [0.25, 0.3) is 0 Å². The van der Waals surface area contributed by atoms with Crippen molar-refractivity contribution in [3.05, 3.63) is 0 Å². The molecule has 0 radical (unpaired) electrons. The Hall–Kier alpha value is -0.593. The summed E-state index contributed by atoms with van der Waals surface area (Å²) >= 11 is 0. The molecule has 1 rings (SSSR count). The SMILES string of the molecule is CC(C)(C)[Si](C)(C)O[C@H]1C[C@H](O)CC[C@@H]1NC(=O)O.